The zero-order valence-corrected chi connectivity index (χ0v) is 15.0. The average Bonchev–Trinajstić information content (AvgIpc) is 2.84. The largest absolute Gasteiger partial charge is 0.496 e. The summed E-state index contributed by atoms with van der Waals surface area (Å²) in [5, 5.41) is 4.47. The third-order valence-corrected chi connectivity index (χ3v) is 4.29. The van der Waals surface area contributed by atoms with Crippen molar-refractivity contribution < 1.29 is 9.53 Å². The molecule has 1 aromatic carbocycles. The highest BCUT2D eigenvalue weighted by Crippen LogP contribution is 2.21. The standard InChI is InChI=1S/C16H15BrN4O3/c1-9-4-5-12(24-3)10(6-9)11(22)7-21-8-18-15-13(16(21)23)14(17)19-20(15)2/h4-6,8H,7H2,1-3H3. The Labute approximate surface area is 146 Å². The van der Waals surface area contributed by atoms with Crippen molar-refractivity contribution in [3.8, 4) is 5.75 Å². The topological polar surface area (TPSA) is 79.0 Å². The molecule has 0 amide bonds. The van der Waals surface area contributed by atoms with Crippen LogP contribution in [0.4, 0.5) is 0 Å². The van der Waals surface area contributed by atoms with Crippen LogP contribution in [0.15, 0.2) is 33.9 Å². The summed E-state index contributed by atoms with van der Waals surface area (Å²) in [6.45, 7) is 1.77. The lowest BCUT2D eigenvalue weighted by Gasteiger charge is -2.10. The molecule has 2 aromatic heterocycles. The number of hydrogen-bond acceptors (Lipinski definition) is 5. The number of aryl methyl sites for hydroxylation is 2. The lowest BCUT2D eigenvalue weighted by atomic mass is 10.1. The Kier molecular flexibility index (Phi) is 4.23. The van der Waals surface area contributed by atoms with Gasteiger partial charge in [-0.25, -0.2) is 9.67 Å². The number of aromatic nitrogens is 4. The Morgan fingerprint density at radius 1 is 1.38 bits per heavy atom. The summed E-state index contributed by atoms with van der Waals surface area (Å²) in [6, 6.07) is 5.35. The molecule has 0 unspecified atom stereocenters. The molecule has 8 heteroatoms. The number of halogens is 1. The maximum atomic E-state index is 12.6. The van der Waals surface area contributed by atoms with Gasteiger partial charge in [0.2, 0.25) is 0 Å². The van der Waals surface area contributed by atoms with Crippen LogP contribution in [0.5, 0.6) is 5.75 Å². The molecule has 0 radical (unpaired) electrons. The fourth-order valence-corrected chi connectivity index (χ4v) is 3.11. The third-order valence-electron chi connectivity index (χ3n) is 3.74. The molecule has 3 rings (SSSR count). The smallest absolute Gasteiger partial charge is 0.266 e. The summed E-state index contributed by atoms with van der Waals surface area (Å²) in [5.74, 6) is 0.258. The molecule has 124 valence electrons. The normalized spacial score (nSPS) is 11.0. The summed E-state index contributed by atoms with van der Waals surface area (Å²) < 4.78 is 8.43. The molecular weight excluding hydrogens is 376 g/mol. The molecule has 24 heavy (non-hydrogen) atoms. The van der Waals surface area contributed by atoms with Gasteiger partial charge in [0.1, 0.15) is 22.1 Å². The predicted octanol–water partition coefficient (Wildman–Crippen LogP) is 2.09. The Bertz CT molecular complexity index is 1010. The number of ketones is 1. The maximum Gasteiger partial charge on any atom is 0.266 e. The van der Waals surface area contributed by atoms with E-state index in [1.165, 1.54) is 22.7 Å². The highest BCUT2D eigenvalue weighted by molar-refractivity contribution is 9.10. The van der Waals surface area contributed by atoms with Crippen LogP contribution >= 0.6 is 15.9 Å². The summed E-state index contributed by atoms with van der Waals surface area (Å²) in [5.41, 5.74) is 1.52. The van der Waals surface area contributed by atoms with Crippen molar-refractivity contribution in [1.82, 2.24) is 19.3 Å². The minimum atomic E-state index is -0.319. The number of benzene rings is 1. The minimum absolute atomic E-state index is 0.122. The zero-order chi connectivity index (χ0) is 17.4. The molecule has 0 aliphatic carbocycles. The van der Waals surface area contributed by atoms with E-state index in [2.05, 4.69) is 26.0 Å². The fourth-order valence-electron chi connectivity index (χ4n) is 2.53. The van der Waals surface area contributed by atoms with E-state index in [0.717, 1.165) is 5.56 Å². The second-order valence-electron chi connectivity index (χ2n) is 5.42. The van der Waals surface area contributed by atoms with Crippen molar-refractivity contribution in [3.63, 3.8) is 0 Å². The molecule has 0 spiro atoms. The van der Waals surface area contributed by atoms with Gasteiger partial charge in [0.15, 0.2) is 11.4 Å². The van der Waals surface area contributed by atoms with E-state index in [-0.39, 0.29) is 17.9 Å². The molecule has 7 nitrogen and oxygen atoms in total. The number of methoxy groups -OCH3 is 1. The molecule has 0 bridgehead atoms. The Morgan fingerprint density at radius 3 is 2.83 bits per heavy atom. The van der Waals surface area contributed by atoms with Crippen LogP contribution in [-0.4, -0.2) is 32.2 Å². The summed E-state index contributed by atoms with van der Waals surface area (Å²) >= 11 is 3.26. The van der Waals surface area contributed by atoms with E-state index in [4.69, 9.17) is 4.74 Å². The molecule has 0 saturated heterocycles. The van der Waals surface area contributed by atoms with Crippen LogP contribution in [0, 0.1) is 6.92 Å². The summed E-state index contributed by atoms with van der Waals surface area (Å²) in [6.07, 6.45) is 1.36. The first-order chi connectivity index (χ1) is 11.4. The van der Waals surface area contributed by atoms with Gasteiger partial charge in [-0.05, 0) is 35.0 Å². The Morgan fingerprint density at radius 2 is 2.12 bits per heavy atom. The number of carbonyl (C=O) groups excluding carboxylic acids is 1. The van der Waals surface area contributed by atoms with E-state index < -0.39 is 0 Å². The monoisotopic (exact) mass is 390 g/mol. The number of rotatable bonds is 4. The molecule has 0 atom stereocenters. The lowest BCUT2D eigenvalue weighted by Crippen LogP contribution is -2.25. The number of carbonyl (C=O) groups is 1. The first-order valence-electron chi connectivity index (χ1n) is 7.18. The van der Waals surface area contributed by atoms with Gasteiger partial charge in [-0.1, -0.05) is 11.6 Å². The van der Waals surface area contributed by atoms with Crippen molar-refractivity contribution >= 4 is 32.7 Å². The van der Waals surface area contributed by atoms with Crippen LogP contribution in [0.3, 0.4) is 0 Å². The molecular formula is C16H15BrN4O3. The molecule has 0 saturated carbocycles. The van der Waals surface area contributed by atoms with Crippen LogP contribution in [-0.2, 0) is 13.6 Å². The van der Waals surface area contributed by atoms with Gasteiger partial charge in [-0.3, -0.25) is 14.2 Å². The number of fused-ring (bicyclic) bond motifs is 1. The summed E-state index contributed by atoms with van der Waals surface area (Å²) in [4.78, 5) is 29.5. The summed E-state index contributed by atoms with van der Waals surface area (Å²) in [7, 11) is 3.21. The van der Waals surface area contributed by atoms with Crippen molar-refractivity contribution in [3.05, 3.63) is 50.6 Å². The average molecular weight is 391 g/mol. The van der Waals surface area contributed by atoms with Gasteiger partial charge >= 0.3 is 0 Å². The van der Waals surface area contributed by atoms with Gasteiger partial charge < -0.3 is 4.74 Å². The van der Waals surface area contributed by atoms with Crippen LogP contribution in [0.25, 0.3) is 11.0 Å². The fraction of sp³-hybridized carbons (Fsp3) is 0.250. The maximum absolute atomic E-state index is 12.6. The molecule has 0 aliphatic heterocycles. The van der Waals surface area contributed by atoms with Crippen molar-refractivity contribution in [2.45, 2.75) is 13.5 Å². The highest BCUT2D eigenvalue weighted by atomic mass is 79.9. The zero-order valence-electron chi connectivity index (χ0n) is 13.4. The second kappa shape index (κ2) is 6.20. The first-order valence-corrected chi connectivity index (χ1v) is 7.97. The van der Waals surface area contributed by atoms with Gasteiger partial charge in [0.25, 0.3) is 5.56 Å². The first kappa shape index (κ1) is 16.4. The van der Waals surface area contributed by atoms with Gasteiger partial charge in [-0.2, -0.15) is 5.10 Å². The van der Waals surface area contributed by atoms with E-state index >= 15 is 0 Å². The van der Waals surface area contributed by atoms with Gasteiger partial charge in [0, 0.05) is 7.05 Å². The predicted molar refractivity (Wildman–Crippen MR) is 92.5 cm³/mol. The van der Waals surface area contributed by atoms with Crippen molar-refractivity contribution in [2.75, 3.05) is 7.11 Å². The molecule has 2 heterocycles. The minimum Gasteiger partial charge on any atom is -0.496 e. The quantitative estimate of drug-likeness (QED) is 0.637. The van der Waals surface area contributed by atoms with Crippen molar-refractivity contribution in [1.29, 1.82) is 0 Å². The van der Waals surface area contributed by atoms with Crippen LogP contribution in [0.2, 0.25) is 0 Å². The highest BCUT2D eigenvalue weighted by Gasteiger charge is 2.17. The van der Waals surface area contributed by atoms with E-state index in [1.807, 2.05) is 13.0 Å². The molecule has 0 aliphatic rings. The number of nitrogens with zero attached hydrogens (tertiary/aromatic N) is 4. The molecule has 0 N–H and O–H groups in total. The van der Waals surface area contributed by atoms with E-state index in [9.17, 15) is 9.59 Å². The Balaban J connectivity index is 2.03. The lowest BCUT2D eigenvalue weighted by molar-refractivity contribution is 0.0967. The molecule has 0 fully saturated rings. The second-order valence-corrected chi connectivity index (χ2v) is 6.17. The molecule has 3 aromatic rings. The van der Waals surface area contributed by atoms with Gasteiger partial charge in [0.05, 0.1) is 19.2 Å². The SMILES string of the molecule is COc1ccc(C)cc1C(=O)Cn1cnc2c(c(Br)nn2C)c1=O. The number of Topliss-reactive ketones (excluding diaryl/α,β-unsaturated/α-hetero) is 1. The van der Waals surface area contributed by atoms with Gasteiger partial charge in [-0.15, -0.1) is 0 Å². The number of ether oxygens (including phenoxy) is 1. The number of hydrogen-bond donors (Lipinski definition) is 0. The van der Waals surface area contributed by atoms with Crippen molar-refractivity contribution in [2.24, 2.45) is 7.05 Å². The third kappa shape index (κ3) is 2.73. The van der Waals surface area contributed by atoms with Crippen LogP contribution < -0.4 is 10.3 Å². The Hall–Kier alpha value is -2.48. The van der Waals surface area contributed by atoms with E-state index in [0.29, 0.717) is 26.9 Å². The van der Waals surface area contributed by atoms with E-state index in [1.54, 1.807) is 19.2 Å². The van der Waals surface area contributed by atoms with Crippen LogP contribution in [0.1, 0.15) is 15.9 Å².